The summed E-state index contributed by atoms with van der Waals surface area (Å²) in [6, 6.07) is -0.386. The van der Waals surface area contributed by atoms with Crippen molar-refractivity contribution < 1.29 is 28.6 Å². The van der Waals surface area contributed by atoms with Crippen LogP contribution in [0.3, 0.4) is 0 Å². The molecule has 118 valence electrons. The van der Waals surface area contributed by atoms with E-state index in [9.17, 15) is 14.4 Å². The lowest BCUT2D eigenvalue weighted by Gasteiger charge is -2.26. The molecule has 1 aliphatic rings. The highest BCUT2D eigenvalue weighted by Gasteiger charge is 2.48. The maximum Gasteiger partial charge on any atom is 0.411 e. The topological polar surface area (TPSA) is 82.1 Å². The molecule has 1 saturated carbocycles. The Bertz CT molecular complexity index is 439. The van der Waals surface area contributed by atoms with Crippen LogP contribution in [0, 0.1) is 0 Å². The van der Waals surface area contributed by atoms with Crippen LogP contribution in [-0.4, -0.2) is 54.3 Å². The van der Waals surface area contributed by atoms with Gasteiger partial charge in [0.25, 0.3) is 0 Å². The molecule has 1 amide bonds. The number of hydrogen-bond donors (Lipinski definition) is 0. The molecule has 1 fully saturated rings. The molecule has 0 aromatic heterocycles. The van der Waals surface area contributed by atoms with Gasteiger partial charge in [-0.15, -0.1) is 0 Å². The molecule has 2 unspecified atom stereocenters. The SMILES string of the molecule is C=CC(=O)OC1CC1N(CC(=O)OC)C(=O)OC(C)(C)C. The number of ether oxygens (including phenoxy) is 3. The first-order valence-electron chi connectivity index (χ1n) is 6.57. The average Bonchev–Trinajstić information content (AvgIpc) is 3.11. The van der Waals surface area contributed by atoms with Crippen molar-refractivity contribution in [3.8, 4) is 0 Å². The Morgan fingerprint density at radius 3 is 2.43 bits per heavy atom. The Balaban J connectivity index is 2.70. The van der Waals surface area contributed by atoms with E-state index in [4.69, 9.17) is 9.47 Å². The van der Waals surface area contributed by atoms with Crippen molar-refractivity contribution in [3.05, 3.63) is 12.7 Å². The van der Waals surface area contributed by atoms with Gasteiger partial charge < -0.3 is 14.2 Å². The van der Waals surface area contributed by atoms with Crippen LogP contribution in [0.15, 0.2) is 12.7 Å². The molecule has 1 aliphatic carbocycles. The number of rotatable bonds is 5. The normalized spacial score (nSPS) is 20.2. The fourth-order valence-corrected chi connectivity index (χ4v) is 1.65. The Labute approximate surface area is 123 Å². The minimum Gasteiger partial charge on any atom is -0.468 e. The Morgan fingerprint density at radius 1 is 1.33 bits per heavy atom. The molecule has 0 radical (unpaired) electrons. The molecule has 0 spiro atoms. The lowest BCUT2D eigenvalue weighted by molar-refractivity contribution is -0.142. The largest absolute Gasteiger partial charge is 0.468 e. The van der Waals surface area contributed by atoms with Gasteiger partial charge in [-0.05, 0) is 20.8 Å². The summed E-state index contributed by atoms with van der Waals surface area (Å²) in [5, 5.41) is 0. The van der Waals surface area contributed by atoms with Crippen LogP contribution in [0.1, 0.15) is 27.2 Å². The number of nitrogens with zero attached hydrogens (tertiary/aromatic N) is 1. The van der Waals surface area contributed by atoms with Gasteiger partial charge in [0.2, 0.25) is 0 Å². The summed E-state index contributed by atoms with van der Waals surface area (Å²) in [5.74, 6) is -1.13. The molecule has 2 atom stereocenters. The summed E-state index contributed by atoms with van der Waals surface area (Å²) in [5.41, 5.74) is -0.687. The lowest BCUT2D eigenvalue weighted by Crippen LogP contribution is -2.42. The minimum atomic E-state index is -0.687. The van der Waals surface area contributed by atoms with Gasteiger partial charge >= 0.3 is 18.0 Å². The van der Waals surface area contributed by atoms with Gasteiger partial charge in [-0.1, -0.05) is 6.58 Å². The molecule has 0 aromatic carbocycles. The Kier molecular flexibility index (Phi) is 5.34. The first-order valence-corrected chi connectivity index (χ1v) is 6.57. The zero-order chi connectivity index (χ0) is 16.2. The van der Waals surface area contributed by atoms with E-state index in [1.807, 2.05) is 0 Å². The van der Waals surface area contributed by atoms with E-state index < -0.39 is 29.7 Å². The molecule has 0 heterocycles. The quantitative estimate of drug-likeness (QED) is 0.432. The summed E-state index contributed by atoms with van der Waals surface area (Å²) in [4.78, 5) is 35.9. The lowest BCUT2D eigenvalue weighted by atomic mass is 10.2. The second kappa shape index (κ2) is 6.60. The smallest absolute Gasteiger partial charge is 0.411 e. The van der Waals surface area contributed by atoms with Crippen LogP contribution in [0.25, 0.3) is 0 Å². The van der Waals surface area contributed by atoms with E-state index in [-0.39, 0.29) is 12.6 Å². The number of amides is 1. The summed E-state index contributed by atoms with van der Waals surface area (Å²) in [6.45, 7) is 8.23. The second-order valence-electron chi connectivity index (χ2n) is 5.67. The minimum absolute atomic E-state index is 0.252. The van der Waals surface area contributed by atoms with Crippen LogP contribution >= 0.6 is 0 Å². The molecule has 7 heteroatoms. The molecule has 0 aliphatic heterocycles. The molecule has 0 aromatic rings. The van der Waals surface area contributed by atoms with Crippen LogP contribution in [-0.2, 0) is 23.8 Å². The van der Waals surface area contributed by atoms with Crippen molar-refractivity contribution >= 4 is 18.0 Å². The van der Waals surface area contributed by atoms with Crippen molar-refractivity contribution in [2.24, 2.45) is 0 Å². The van der Waals surface area contributed by atoms with Crippen LogP contribution in [0.5, 0.6) is 0 Å². The monoisotopic (exact) mass is 299 g/mol. The fourth-order valence-electron chi connectivity index (χ4n) is 1.65. The third kappa shape index (κ3) is 5.45. The summed E-state index contributed by atoms with van der Waals surface area (Å²) in [7, 11) is 1.23. The van der Waals surface area contributed by atoms with Gasteiger partial charge in [-0.25, -0.2) is 9.59 Å². The highest BCUT2D eigenvalue weighted by molar-refractivity contribution is 5.82. The van der Waals surface area contributed by atoms with Gasteiger partial charge in [0.05, 0.1) is 13.2 Å². The standard InChI is InChI=1S/C14H21NO6/c1-6-11(16)20-10-7-9(10)15(8-12(17)19-5)13(18)21-14(2,3)4/h6,9-10H,1,7-8H2,2-5H3. The third-order valence-corrected chi connectivity index (χ3v) is 2.69. The highest BCUT2D eigenvalue weighted by Crippen LogP contribution is 2.32. The van der Waals surface area contributed by atoms with Gasteiger partial charge in [0, 0.05) is 12.5 Å². The number of carbonyl (C=O) groups excluding carboxylic acids is 3. The van der Waals surface area contributed by atoms with Crippen molar-refractivity contribution in [3.63, 3.8) is 0 Å². The number of esters is 2. The second-order valence-corrected chi connectivity index (χ2v) is 5.67. The maximum atomic E-state index is 12.1. The van der Waals surface area contributed by atoms with Crippen LogP contribution < -0.4 is 0 Å². The summed E-state index contributed by atoms with van der Waals surface area (Å²) < 4.78 is 14.8. The average molecular weight is 299 g/mol. The molecule has 1 rings (SSSR count). The van der Waals surface area contributed by atoms with E-state index in [2.05, 4.69) is 11.3 Å². The molecular weight excluding hydrogens is 278 g/mol. The van der Waals surface area contributed by atoms with Gasteiger partial charge in [-0.2, -0.15) is 0 Å². The van der Waals surface area contributed by atoms with E-state index in [0.29, 0.717) is 6.42 Å². The van der Waals surface area contributed by atoms with Gasteiger partial charge in [0.1, 0.15) is 18.2 Å². The van der Waals surface area contributed by atoms with Gasteiger partial charge in [-0.3, -0.25) is 9.69 Å². The zero-order valence-corrected chi connectivity index (χ0v) is 12.8. The van der Waals surface area contributed by atoms with Crippen molar-refractivity contribution in [2.45, 2.75) is 44.9 Å². The number of methoxy groups -OCH3 is 1. The van der Waals surface area contributed by atoms with E-state index in [1.165, 1.54) is 12.0 Å². The first-order chi connectivity index (χ1) is 9.67. The maximum absolute atomic E-state index is 12.1. The summed E-state index contributed by atoms with van der Waals surface area (Å²) in [6.07, 6.45) is 0.409. The van der Waals surface area contributed by atoms with Crippen molar-refractivity contribution in [2.75, 3.05) is 13.7 Å². The fraction of sp³-hybridized carbons (Fsp3) is 0.643. The molecular formula is C14H21NO6. The first kappa shape index (κ1) is 17.0. The van der Waals surface area contributed by atoms with Crippen LogP contribution in [0.4, 0.5) is 4.79 Å². The Hall–Kier alpha value is -2.05. The van der Waals surface area contributed by atoms with E-state index in [1.54, 1.807) is 20.8 Å². The van der Waals surface area contributed by atoms with E-state index >= 15 is 0 Å². The molecule has 21 heavy (non-hydrogen) atoms. The van der Waals surface area contributed by atoms with E-state index in [0.717, 1.165) is 6.08 Å². The van der Waals surface area contributed by atoms with Crippen molar-refractivity contribution in [1.82, 2.24) is 4.90 Å². The number of hydrogen-bond acceptors (Lipinski definition) is 6. The molecule has 0 saturated heterocycles. The zero-order valence-electron chi connectivity index (χ0n) is 12.8. The molecule has 7 nitrogen and oxygen atoms in total. The Morgan fingerprint density at radius 2 is 1.95 bits per heavy atom. The number of carbonyl (C=O) groups is 3. The van der Waals surface area contributed by atoms with Crippen LogP contribution in [0.2, 0.25) is 0 Å². The predicted molar refractivity (Wildman–Crippen MR) is 73.4 cm³/mol. The molecule has 0 N–H and O–H groups in total. The third-order valence-electron chi connectivity index (χ3n) is 2.69. The summed E-state index contributed by atoms with van der Waals surface area (Å²) >= 11 is 0. The highest BCUT2D eigenvalue weighted by atomic mass is 16.6. The van der Waals surface area contributed by atoms with Gasteiger partial charge in [0.15, 0.2) is 0 Å². The predicted octanol–water partition coefficient (Wildman–Crippen LogP) is 1.27. The molecule has 0 bridgehead atoms. The van der Waals surface area contributed by atoms with Crippen molar-refractivity contribution in [1.29, 1.82) is 0 Å².